The number of carboxylic acids is 1. The lowest BCUT2D eigenvalue weighted by molar-refractivity contribution is -0.143. The Morgan fingerprint density at radius 1 is 1.10 bits per heavy atom. The number of amides is 2. The molecule has 0 saturated carbocycles. The first-order valence-corrected chi connectivity index (χ1v) is 10.5. The summed E-state index contributed by atoms with van der Waals surface area (Å²) in [6.07, 6.45) is 6.64. The number of nitrogens with one attached hydrogen (secondary N) is 1. The van der Waals surface area contributed by atoms with Crippen molar-refractivity contribution in [3.05, 3.63) is 59.4 Å². The molecule has 31 heavy (non-hydrogen) atoms. The molecule has 3 heterocycles. The summed E-state index contributed by atoms with van der Waals surface area (Å²) in [6.45, 7) is 0.400. The molecule has 0 spiro atoms. The smallest absolute Gasteiger partial charge is 0.326 e. The van der Waals surface area contributed by atoms with E-state index in [-0.39, 0.29) is 11.8 Å². The van der Waals surface area contributed by atoms with Crippen LogP contribution in [0.15, 0.2) is 48.9 Å². The van der Waals surface area contributed by atoms with Gasteiger partial charge >= 0.3 is 5.97 Å². The van der Waals surface area contributed by atoms with Crippen molar-refractivity contribution >= 4 is 34.8 Å². The summed E-state index contributed by atoms with van der Waals surface area (Å²) in [7, 11) is 0. The molecule has 0 radical (unpaired) electrons. The molecular formula is C21H19N5O4S. The van der Waals surface area contributed by atoms with Crippen molar-refractivity contribution in [2.45, 2.75) is 25.3 Å². The molecule has 158 valence electrons. The maximum Gasteiger partial charge on any atom is 0.326 e. The maximum absolute atomic E-state index is 12.9. The van der Waals surface area contributed by atoms with Crippen LogP contribution in [0.2, 0.25) is 0 Å². The number of thiazole rings is 1. The number of aliphatic carboxylic acids is 1. The average molecular weight is 437 g/mol. The highest BCUT2D eigenvalue weighted by Gasteiger charge is 2.32. The highest BCUT2D eigenvalue weighted by molar-refractivity contribution is 7.16. The second-order valence-electron chi connectivity index (χ2n) is 6.99. The van der Waals surface area contributed by atoms with E-state index in [4.69, 9.17) is 0 Å². The zero-order valence-electron chi connectivity index (χ0n) is 16.4. The number of carbonyl (C=O) groups excluding carboxylic acids is 2. The Balaban J connectivity index is 1.48. The summed E-state index contributed by atoms with van der Waals surface area (Å²) < 4.78 is 0. The molecule has 1 atom stereocenters. The third kappa shape index (κ3) is 4.58. The fraction of sp³-hybridized carbons (Fsp3) is 0.238. The summed E-state index contributed by atoms with van der Waals surface area (Å²) in [5.41, 5.74) is 0.763. The Bertz CT molecular complexity index is 1120. The molecule has 10 heteroatoms. The predicted molar refractivity (Wildman–Crippen MR) is 114 cm³/mol. The zero-order valence-corrected chi connectivity index (χ0v) is 17.2. The SMILES string of the molecule is O=C(Nc1cccc(C(=O)N2CCCC[C@@H]2C(=O)O)c1)c1cnc(-c2ncccn2)s1. The summed E-state index contributed by atoms with van der Waals surface area (Å²) in [6, 6.07) is 7.36. The Kier molecular flexibility index (Phi) is 5.99. The number of hydrogen-bond acceptors (Lipinski definition) is 7. The number of carboxylic acid groups (broad SMARTS) is 1. The minimum Gasteiger partial charge on any atom is -0.480 e. The van der Waals surface area contributed by atoms with E-state index in [2.05, 4.69) is 20.3 Å². The van der Waals surface area contributed by atoms with E-state index in [1.165, 1.54) is 11.1 Å². The minimum atomic E-state index is -0.999. The molecule has 2 N–H and O–H groups in total. The Morgan fingerprint density at radius 2 is 1.90 bits per heavy atom. The van der Waals surface area contributed by atoms with Crippen LogP contribution in [0.25, 0.3) is 10.8 Å². The summed E-state index contributed by atoms with van der Waals surface area (Å²) in [5, 5.41) is 12.7. The van der Waals surface area contributed by atoms with Crippen LogP contribution in [0.1, 0.15) is 39.3 Å². The van der Waals surface area contributed by atoms with Gasteiger partial charge in [-0.1, -0.05) is 6.07 Å². The lowest BCUT2D eigenvalue weighted by atomic mass is 10.0. The van der Waals surface area contributed by atoms with Crippen LogP contribution in [0.4, 0.5) is 5.69 Å². The van der Waals surface area contributed by atoms with E-state index in [1.807, 2.05) is 0 Å². The highest BCUT2D eigenvalue weighted by Crippen LogP contribution is 2.24. The van der Waals surface area contributed by atoms with Gasteiger partial charge in [0, 0.05) is 30.2 Å². The van der Waals surface area contributed by atoms with Crippen LogP contribution in [-0.2, 0) is 4.79 Å². The van der Waals surface area contributed by atoms with Gasteiger partial charge in [-0.3, -0.25) is 9.59 Å². The van der Waals surface area contributed by atoms with E-state index in [1.54, 1.807) is 42.7 Å². The van der Waals surface area contributed by atoms with Gasteiger partial charge in [0.05, 0.1) is 6.20 Å². The first-order chi connectivity index (χ1) is 15.0. The van der Waals surface area contributed by atoms with E-state index < -0.39 is 12.0 Å². The molecular weight excluding hydrogens is 418 g/mol. The molecule has 1 fully saturated rings. The quantitative estimate of drug-likeness (QED) is 0.628. The maximum atomic E-state index is 12.9. The summed E-state index contributed by atoms with van der Waals surface area (Å²) >= 11 is 1.16. The summed E-state index contributed by atoms with van der Waals surface area (Å²) in [5.74, 6) is -1.29. The largest absolute Gasteiger partial charge is 0.480 e. The zero-order chi connectivity index (χ0) is 21.8. The lowest BCUT2D eigenvalue weighted by Gasteiger charge is -2.33. The first-order valence-electron chi connectivity index (χ1n) is 9.71. The monoisotopic (exact) mass is 437 g/mol. The molecule has 4 rings (SSSR count). The number of carbonyl (C=O) groups is 3. The number of rotatable bonds is 5. The van der Waals surface area contributed by atoms with Gasteiger partial charge in [-0.15, -0.1) is 11.3 Å². The van der Waals surface area contributed by atoms with Gasteiger partial charge in [0.15, 0.2) is 10.8 Å². The van der Waals surface area contributed by atoms with Crippen molar-refractivity contribution in [1.82, 2.24) is 19.9 Å². The fourth-order valence-corrected chi connectivity index (χ4v) is 4.17. The first kappa shape index (κ1) is 20.6. The summed E-state index contributed by atoms with van der Waals surface area (Å²) in [4.78, 5) is 51.3. The second kappa shape index (κ2) is 9.00. The predicted octanol–water partition coefficient (Wildman–Crippen LogP) is 2.93. The van der Waals surface area contributed by atoms with E-state index in [0.717, 1.165) is 24.2 Å². The van der Waals surface area contributed by atoms with Gasteiger partial charge in [-0.05, 0) is 43.5 Å². The van der Waals surface area contributed by atoms with Crippen LogP contribution in [0.5, 0.6) is 0 Å². The van der Waals surface area contributed by atoms with Crippen molar-refractivity contribution in [1.29, 1.82) is 0 Å². The molecule has 1 aliphatic heterocycles. The molecule has 3 aromatic rings. The van der Waals surface area contributed by atoms with Crippen molar-refractivity contribution in [2.24, 2.45) is 0 Å². The van der Waals surface area contributed by atoms with Gasteiger partial charge in [-0.25, -0.2) is 19.7 Å². The van der Waals surface area contributed by atoms with Crippen molar-refractivity contribution in [3.8, 4) is 10.8 Å². The third-order valence-corrected chi connectivity index (χ3v) is 5.89. The van der Waals surface area contributed by atoms with Gasteiger partial charge in [-0.2, -0.15) is 0 Å². The molecule has 0 aliphatic carbocycles. The van der Waals surface area contributed by atoms with Gasteiger partial charge in [0.25, 0.3) is 11.8 Å². The number of anilines is 1. The third-order valence-electron chi connectivity index (χ3n) is 4.90. The van der Waals surface area contributed by atoms with Crippen molar-refractivity contribution in [3.63, 3.8) is 0 Å². The highest BCUT2D eigenvalue weighted by atomic mass is 32.1. The molecule has 2 aromatic heterocycles. The van der Waals surface area contributed by atoms with Crippen LogP contribution in [0.3, 0.4) is 0 Å². The molecule has 0 unspecified atom stereocenters. The molecule has 1 aromatic carbocycles. The van der Waals surface area contributed by atoms with Gasteiger partial charge in [0.1, 0.15) is 10.9 Å². The van der Waals surface area contributed by atoms with E-state index in [0.29, 0.717) is 39.9 Å². The number of benzene rings is 1. The van der Waals surface area contributed by atoms with E-state index >= 15 is 0 Å². The Morgan fingerprint density at radius 3 is 2.68 bits per heavy atom. The Labute approximate surface area is 181 Å². The minimum absolute atomic E-state index is 0.327. The topological polar surface area (TPSA) is 125 Å². The second-order valence-corrected chi connectivity index (χ2v) is 8.02. The molecule has 1 saturated heterocycles. The van der Waals surface area contributed by atoms with Crippen molar-refractivity contribution in [2.75, 3.05) is 11.9 Å². The number of likely N-dealkylation sites (tertiary alicyclic amines) is 1. The number of hydrogen-bond donors (Lipinski definition) is 2. The van der Waals surface area contributed by atoms with Gasteiger partial charge < -0.3 is 15.3 Å². The Hall–Kier alpha value is -3.66. The fourth-order valence-electron chi connectivity index (χ4n) is 3.41. The van der Waals surface area contributed by atoms with E-state index in [9.17, 15) is 19.5 Å². The molecule has 9 nitrogen and oxygen atoms in total. The number of nitrogens with zero attached hydrogens (tertiary/aromatic N) is 4. The molecule has 2 amide bonds. The van der Waals surface area contributed by atoms with Gasteiger partial charge in [0.2, 0.25) is 0 Å². The van der Waals surface area contributed by atoms with Crippen molar-refractivity contribution < 1.29 is 19.5 Å². The van der Waals surface area contributed by atoms with Crippen LogP contribution >= 0.6 is 11.3 Å². The lowest BCUT2D eigenvalue weighted by Crippen LogP contribution is -2.48. The number of aromatic nitrogens is 3. The van der Waals surface area contributed by atoms with Crippen LogP contribution in [-0.4, -0.2) is 55.3 Å². The van der Waals surface area contributed by atoms with Crippen LogP contribution in [0, 0.1) is 0 Å². The van der Waals surface area contributed by atoms with Crippen LogP contribution < -0.4 is 5.32 Å². The molecule has 0 bridgehead atoms. The average Bonchev–Trinajstić information content (AvgIpc) is 3.30. The molecule has 1 aliphatic rings. The standard InChI is InChI=1S/C21H19N5O4S/c27-18(16-12-24-19(31-16)17-22-8-4-9-23-17)25-14-6-3-5-13(11-14)20(28)26-10-2-1-7-15(26)21(29)30/h3-6,8-9,11-12,15H,1-2,7,10H2,(H,25,27)(H,29,30)/t15-/m1/s1. The number of piperidine rings is 1. The normalized spacial score (nSPS) is 16.0.